The number of hydrogen-bond donors (Lipinski definition) is 2. The SMILES string of the molecule is Cc1cc(C(=O)O)cc(S(=O)(=O)NCC(c2cccs2)N(C)C)c1C. The molecule has 2 rings (SSSR count). The third-order valence-electron chi connectivity index (χ3n) is 4.12. The lowest BCUT2D eigenvalue weighted by atomic mass is 10.1. The van der Waals surface area contributed by atoms with Crippen LogP contribution in [0.15, 0.2) is 34.5 Å². The Bertz CT molecular complexity index is 859. The average molecular weight is 383 g/mol. The fourth-order valence-corrected chi connectivity index (χ4v) is 4.82. The predicted octanol–water partition coefficient (Wildman–Crippen LogP) is 2.64. The molecule has 0 radical (unpaired) electrons. The minimum Gasteiger partial charge on any atom is -0.478 e. The Morgan fingerprint density at radius 2 is 2.00 bits per heavy atom. The standard InChI is InChI=1S/C17H22N2O4S2/c1-11-8-13(17(20)21)9-16(12(11)2)25(22,23)18-10-14(19(3)4)15-6-5-7-24-15/h5-9,14,18H,10H2,1-4H3,(H,20,21). The fourth-order valence-electron chi connectivity index (χ4n) is 2.51. The molecule has 0 aliphatic rings. The van der Waals surface area contributed by atoms with Crippen molar-refractivity contribution in [3.05, 3.63) is 51.2 Å². The van der Waals surface area contributed by atoms with E-state index in [1.54, 1.807) is 25.2 Å². The molecule has 2 N–H and O–H groups in total. The second kappa shape index (κ2) is 7.65. The van der Waals surface area contributed by atoms with E-state index in [0.29, 0.717) is 11.1 Å². The van der Waals surface area contributed by atoms with Crippen LogP contribution in [-0.4, -0.2) is 45.0 Å². The summed E-state index contributed by atoms with van der Waals surface area (Å²) in [6.45, 7) is 3.58. The lowest BCUT2D eigenvalue weighted by Gasteiger charge is -2.24. The Labute approximate surface area is 152 Å². The van der Waals surface area contributed by atoms with Gasteiger partial charge in [0.15, 0.2) is 0 Å². The number of aryl methyl sites for hydroxylation is 1. The highest BCUT2D eigenvalue weighted by Gasteiger charge is 2.23. The number of aromatic carboxylic acids is 1. The zero-order valence-electron chi connectivity index (χ0n) is 14.6. The summed E-state index contributed by atoms with van der Waals surface area (Å²) in [6, 6.07) is 6.48. The van der Waals surface area contributed by atoms with Gasteiger partial charge in [0.2, 0.25) is 10.0 Å². The molecule has 6 nitrogen and oxygen atoms in total. The molecule has 1 heterocycles. The van der Waals surface area contributed by atoms with E-state index in [4.69, 9.17) is 0 Å². The van der Waals surface area contributed by atoms with Gasteiger partial charge in [-0.15, -0.1) is 11.3 Å². The molecule has 1 aromatic heterocycles. The fraction of sp³-hybridized carbons (Fsp3) is 0.353. The number of hydrogen-bond acceptors (Lipinski definition) is 5. The summed E-state index contributed by atoms with van der Waals surface area (Å²) in [5.74, 6) is -1.15. The summed E-state index contributed by atoms with van der Waals surface area (Å²) in [4.78, 5) is 14.2. The van der Waals surface area contributed by atoms with E-state index in [-0.39, 0.29) is 23.0 Å². The summed E-state index contributed by atoms with van der Waals surface area (Å²) >= 11 is 1.56. The van der Waals surface area contributed by atoms with Crippen LogP contribution >= 0.6 is 11.3 Å². The molecule has 0 bridgehead atoms. The summed E-state index contributed by atoms with van der Waals surface area (Å²) in [7, 11) is -0.0484. The number of rotatable bonds is 7. The van der Waals surface area contributed by atoms with Crippen LogP contribution < -0.4 is 4.72 Å². The molecule has 2 aromatic rings. The molecule has 0 amide bonds. The van der Waals surface area contributed by atoms with Gasteiger partial charge in [0.25, 0.3) is 0 Å². The van der Waals surface area contributed by atoms with Crippen molar-refractivity contribution in [3.8, 4) is 0 Å². The molecule has 1 atom stereocenters. The summed E-state index contributed by atoms with van der Waals surface area (Å²) in [6.07, 6.45) is 0. The Hall–Kier alpha value is -1.74. The van der Waals surface area contributed by atoms with Crippen molar-refractivity contribution in [2.75, 3.05) is 20.6 Å². The molecular weight excluding hydrogens is 360 g/mol. The highest BCUT2D eigenvalue weighted by molar-refractivity contribution is 7.89. The van der Waals surface area contributed by atoms with Gasteiger partial charge in [0, 0.05) is 11.4 Å². The Balaban J connectivity index is 2.32. The molecule has 0 saturated carbocycles. The number of benzene rings is 1. The molecule has 1 unspecified atom stereocenters. The van der Waals surface area contributed by atoms with Crippen LogP contribution in [0.1, 0.15) is 32.4 Å². The van der Waals surface area contributed by atoms with E-state index in [2.05, 4.69) is 4.72 Å². The third kappa shape index (κ3) is 4.46. The Kier molecular flexibility index (Phi) is 5.99. The first-order chi connectivity index (χ1) is 11.6. The lowest BCUT2D eigenvalue weighted by Crippen LogP contribution is -2.34. The highest BCUT2D eigenvalue weighted by Crippen LogP contribution is 2.25. The Morgan fingerprint density at radius 1 is 1.32 bits per heavy atom. The molecule has 0 saturated heterocycles. The average Bonchev–Trinajstić information content (AvgIpc) is 3.03. The van der Waals surface area contributed by atoms with Gasteiger partial charge in [0.1, 0.15) is 0 Å². The Morgan fingerprint density at radius 3 is 2.52 bits per heavy atom. The summed E-state index contributed by atoms with van der Waals surface area (Å²) in [5.41, 5.74) is 1.14. The van der Waals surface area contributed by atoms with E-state index < -0.39 is 16.0 Å². The van der Waals surface area contributed by atoms with Crippen molar-refractivity contribution in [2.45, 2.75) is 24.8 Å². The third-order valence-corrected chi connectivity index (χ3v) is 6.64. The summed E-state index contributed by atoms with van der Waals surface area (Å²) in [5, 5.41) is 11.1. The zero-order valence-corrected chi connectivity index (χ0v) is 16.2. The number of carboxylic acids is 1. The quantitative estimate of drug-likeness (QED) is 0.769. The first-order valence-corrected chi connectivity index (χ1v) is 10.0. The molecule has 0 aliphatic carbocycles. The van der Waals surface area contributed by atoms with Crippen LogP contribution in [0.25, 0.3) is 0 Å². The minimum absolute atomic E-state index is 0.00795. The number of carboxylic acid groups (broad SMARTS) is 1. The predicted molar refractivity (Wildman–Crippen MR) is 98.8 cm³/mol. The van der Waals surface area contributed by atoms with Gasteiger partial charge in [-0.2, -0.15) is 0 Å². The summed E-state index contributed by atoms with van der Waals surface area (Å²) < 4.78 is 28.1. The number of sulfonamides is 1. The van der Waals surface area contributed by atoms with Crippen molar-refractivity contribution in [1.29, 1.82) is 0 Å². The normalized spacial score (nSPS) is 13.2. The van der Waals surface area contributed by atoms with Crippen molar-refractivity contribution in [3.63, 3.8) is 0 Å². The minimum atomic E-state index is -3.82. The first kappa shape index (κ1) is 19.6. The number of nitrogens with one attached hydrogen (secondary N) is 1. The van der Waals surface area contributed by atoms with Crippen molar-refractivity contribution >= 4 is 27.3 Å². The molecule has 0 fully saturated rings. The first-order valence-electron chi connectivity index (χ1n) is 7.67. The maximum atomic E-state index is 12.8. The van der Waals surface area contributed by atoms with E-state index in [1.165, 1.54) is 12.1 Å². The van der Waals surface area contributed by atoms with Gasteiger partial charge in [-0.25, -0.2) is 17.9 Å². The maximum Gasteiger partial charge on any atom is 0.335 e. The second-order valence-corrected chi connectivity index (χ2v) is 8.78. The monoisotopic (exact) mass is 382 g/mol. The van der Waals surface area contributed by atoms with E-state index >= 15 is 0 Å². The molecule has 0 aliphatic heterocycles. The molecule has 136 valence electrons. The number of nitrogens with zero attached hydrogens (tertiary/aromatic N) is 1. The molecular formula is C17H22N2O4S2. The van der Waals surface area contributed by atoms with Crippen LogP contribution in [0.3, 0.4) is 0 Å². The van der Waals surface area contributed by atoms with Crippen LogP contribution in [0.5, 0.6) is 0 Å². The number of likely N-dealkylation sites (N-methyl/N-ethyl adjacent to an activating group) is 1. The van der Waals surface area contributed by atoms with E-state index in [1.807, 2.05) is 36.5 Å². The smallest absolute Gasteiger partial charge is 0.335 e. The molecule has 1 aromatic carbocycles. The van der Waals surface area contributed by atoms with Gasteiger partial charge < -0.3 is 10.0 Å². The topological polar surface area (TPSA) is 86.7 Å². The molecule has 8 heteroatoms. The molecule has 25 heavy (non-hydrogen) atoms. The zero-order chi connectivity index (χ0) is 18.8. The van der Waals surface area contributed by atoms with E-state index in [9.17, 15) is 18.3 Å². The van der Waals surface area contributed by atoms with Crippen molar-refractivity contribution < 1.29 is 18.3 Å². The van der Waals surface area contributed by atoms with Gasteiger partial charge in [0.05, 0.1) is 16.5 Å². The second-order valence-electron chi connectivity index (χ2n) is 6.07. The van der Waals surface area contributed by atoms with E-state index in [0.717, 1.165) is 4.88 Å². The number of carbonyl (C=O) groups is 1. The number of thiophene rings is 1. The van der Waals surface area contributed by atoms with Gasteiger partial charge in [-0.1, -0.05) is 6.07 Å². The van der Waals surface area contributed by atoms with Crippen LogP contribution in [-0.2, 0) is 10.0 Å². The van der Waals surface area contributed by atoms with Crippen LogP contribution in [0.4, 0.5) is 0 Å². The van der Waals surface area contributed by atoms with Crippen molar-refractivity contribution in [2.24, 2.45) is 0 Å². The largest absolute Gasteiger partial charge is 0.478 e. The lowest BCUT2D eigenvalue weighted by molar-refractivity contribution is 0.0696. The molecule has 0 spiro atoms. The van der Waals surface area contributed by atoms with Gasteiger partial charge in [-0.05, 0) is 62.6 Å². The van der Waals surface area contributed by atoms with Crippen LogP contribution in [0, 0.1) is 13.8 Å². The maximum absolute atomic E-state index is 12.8. The highest BCUT2D eigenvalue weighted by atomic mass is 32.2. The van der Waals surface area contributed by atoms with Crippen LogP contribution in [0.2, 0.25) is 0 Å². The van der Waals surface area contributed by atoms with Gasteiger partial charge in [-0.3, -0.25) is 0 Å². The van der Waals surface area contributed by atoms with Crippen molar-refractivity contribution in [1.82, 2.24) is 9.62 Å². The van der Waals surface area contributed by atoms with Gasteiger partial charge >= 0.3 is 5.97 Å².